The summed E-state index contributed by atoms with van der Waals surface area (Å²) in [5.41, 5.74) is 0. The number of nitrogens with zero attached hydrogens (tertiary/aromatic N) is 1. The van der Waals surface area contributed by atoms with Crippen LogP contribution in [0.15, 0.2) is 0 Å². The van der Waals surface area contributed by atoms with Gasteiger partial charge in [-0.05, 0) is 12.8 Å². The molecule has 0 aromatic rings. The monoisotopic (exact) mass is 225 g/mol. The van der Waals surface area contributed by atoms with Gasteiger partial charge in [0.15, 0.2) is 0 Å². The third-order valence-electron chi connectivity index (χ3n) is 3.27. The standard InChI is InChI=1S/C11H15NO4/c1-14-6-15-10-8(5-12)3-2-7-4-9(13)16-11(7)10/h7-8,10-11H,2-4,6H2,1H3/t7-,8-,10-,11+/m0/s1. The van der Waals surface area contributed by atoms with Crippen LogP contribution in [0.4, 0.5) is 0 Å². The Balaban J connectivity index is 2.07. The lowest BCUT2D eigenvalue weighted by atomic mass is 9.78. The van der Waals surface area contributed by atoms with Crippen molar-refractivity contribution in [3.05, 3.63) is 0 Å². The fourth-order valence-corrected chi connectivity index (χ4v) is 2.51. The van der Waals surface area contributed by atoms with Crippen molar-refractivity contribution in [2.45, 2.75) is 31.5 Å². The second kappa shape index (κ2) is 4.81. The fourth-order valence-electron chi connectivity index (χ4n) is 2.51. The molecule has 4 atom stereocenters. The average molecular weight is 225 g/mol. The van der Waals surface area contributed by atoms with E-state index in [0.29, 0.717) is 6.42 Å². The topological polar surface area (TPSA) is 68.6 Å². The third kappa shape index (κ3) is 2.04. The van der Waals surface area contributed by atoms with Gasteiger partial charge in [-0.15, -0.1) is 0 Å². The van der Waals surface area contributed by atoms with Crippen molar-refractivity contribution in [1.82, 2.24) is 0 Å². The molecule has 5 heteroatoms. The Labute approximate surface area is 94.3 Å². The van der Waals surface area contributed by atoms with Crippen LogP contribution in [-0.4, -0.2) is 32.1 Å². The smallest absolute Gasteiger partial charge is 0.306 e. The molecule has 1 aliphatic heterocycles. The second-order valence-corrected chi connectivity index (χ2v) is 4.27. The molecular weight excluding hydrogens is 210 g/mol. The van der Waals surface area contributed by atoms with Crippen molar-refractivity contribution >= 4 is 5.97 Å². The number of ether oxygens (including phenoxy) is 3. The normalized spacial score (nSPS) is 37.6. The highest BCUT2D eigenvalue weighted by Crippen LogP contribution is 2.39. The van der Waals surface area contributed by atoms with Crippen molar-refractivity contribution < 1.29 is 19.0 Å². The van der Waals surface area contributed by atoms with Crippen molar-refractivity contribution in [2.24, 2.45) is 11.8 Å². The molecule has 1 saturated heterocycles. The lowest BCUT2D eigenvalue weighted by Crippen LogP contribution is -2.43. The first kappa shape index (κ1) is 11.4. The highest BCUT2D eigenvalue weighted by Gasteiger charge is 2.47. The van der Waals surface area contributed by atoms with Crippen molar-refractivity contribution in [3.63, 3.8) is 0 Å². The molecule has 2 fully saturated rings. The van der Waals surface area contributed by atoms with Gasteiger partial charge >= 0.3 is 5.97 Å². The Hall–Kier alpha value is -1.12. The summed E-state index contributed by atoms with van der Waals surface area (Å²) in [4.78, 5) is 11.2. The number of nitriles is 1. The lowest BCUT2D eigenvalue weighted by Gasteiger charge is -2.34. The predicted octanol–water partition coefficient (Wildman–Crippen LogP) is 0.841. The first-order valence-electron chi connectivity index (χ1n) is 5.46. The number of esters is 1. The zero-order valence-corrected chi connectivity index (χ0v) is 9.22. The van der Waals surface area contributed by atoms with Gasteiger partial charge in [0.25, 0.3) is 0 Å². The summed E-state index contributed by atoms with van der Waals surface area (Å²) in [7, 11) is 1.53. The quantitative estimate of drug-likeness (QED) is 0.526. The molecule has 0 aromatic heterocycles. The van der Waals surface area contributed by atoms with E-state index in [4.69, 9.17) is 19.5 Å². The van der Waals surface area contributed by atoms with Gasteiger partial charge in [0.1, 0.15) is 19.0 Å². The summed E-state index contributed by atoms with van der Waals surface area (Å²) in [5.74, 6) is -0.180. The maximum atomic E-state index is 11.2. The van der Waals surface area contributed by atoms with Gasteiger partial charge < -0.3 is 14.2 Å². The summed E-state index contributed by atoms with van der Waals surface area (Å²) in [6, 6.07) is 2.22. The van der Waals surface area contributed by atoms with Crippen molar-refractivity contribution in [1.29, 1.82) is 5.26 Å². The number of fused-ring (bicyclic) bond motifs is 1. The molecule has 5 nitrogen and oxygen atoms in total. The maximum Gasteiger partial charge on any atom is 0.306 e. The van der Waals surface area contributed by atoms with Gasteiger partial charge in [0, 0.05) is 13.0 Å². The Kier molecular flexibility index (Phi) is 3.42. The molecule has 0 radical (unpaired) electrons. The Morgan fingerprint density at radius 1 is 1.56 bits per heavy atom. The zero-order valence-electron chi connectivity index (χ0n) is 9.22. The summed E-state index contributed by atoms with van der Waals surface area (Å²) >= 11 is 0. The van der Waals surface area contributed by atoms with Gasteiger partial charge in [-0.3, -0.25) is 4.79 Å². The first-order valence-corrected chi connectivity index (χ1v) is 5.46. The third-order valence-corrected chi connectivity index (χ3v) is 3.27. The van der Waals surface area contributed by atoms with Gasteiger partial charge in [0.05, 0.1) is 18.4 Å². The van der Waals surface area contributed by atoms with Crippen LogP contribution in [0.3, 0.4) is 0 Å². The van der Waals surface area contributed by atoms with E-state index in [1.165, 1.54) is 7.11 Å². The van der Waals surface area contributed by atoms with Gasteiger partial charge in [0.2, 0.25) is 0 Å². The SMILES string of the molecule is COCO[C@@H]1[C@@H]2OC(=O)C[C@@H]2CC[C@H]1C#N. The molecule has 2 rings (SSSR count). The van der Waals surface area contributed by atoms with Crippen LogP contribution in [0.2, 0.25) is 0 Å². The molecule has 0 aromatic carbocycles. The van der Waals surface area contributed by atoms with Crippen LogP contribution in [-0.2, 0) is 19.0 Å². The van der Waals surface area contributed by atoms with Gasteiger partial charge in [-0.1, -0.05) is 0 Å². The van der Waals surface area contributed by atoms with E-state index < -0.39 is 0 Å². The fraction of sp³-hybridized carbons (Fsp3) is 0.818. The number of carbonyl (C=O) groups excluding carboxylic acids is 1. The summed E-state index contributed by atoms with van der Waals surface area (Å²) in [5, 5.41) is 9.04. The molecule has 1 aliphatic carbocycles. The molecular formula is C11H15NO4. The molecule has 2 aliphatic rings. The largest absolute Gasteiger partial charge is 0.459 e. The van der Waals surface area contributed by atoms with E-state index in [-0.39, 0.29) is 36.8 Å². The lowest BCUT2D eigenvalue weighted by molar-refractivity contribution is -0.165. The molecule has 0 bridgehead atoms. The molecule has 0 spiro atoms. The summed E-state index contributed by atoms with van der Waals surface area (Å²) < 4.78 is 15.6. The summed E-state index contributed by atoms with van der Waals surface area (Å²) in [6.07, 6.45) is 1.48. The van der Waals surface area contributed by atoms with Crippen LogP contribution in [0, 0.1) is 23.2 Å². The average Bonchev–Trinajstić information content (AvgIpc) is 2.66. The minimum atomic E-state index is -0.338. The summed E-state index contributed by atoms with van der Waals surface area (Å²) in [6.45, 7) is 0.129. The molecule has 0 N–H and O–H groups in total. The molecule has 1 saturated carbocycles. The number of carbonyl (C=O) groups is 1. The number of methoxy groups -OCH3 is 1. The van der Waals surface area contributed by atoms with Crippen molar-refractivity contribution in [2.75, 3.05) is 13.9 Å². The van der Waals surface area contributed by atoms with Crippen LogP contribution in [0.5, 0.6) is 0 Å². The Morgan fingerprint density at radius 3 is 3.06 bits per heavy atom. The minimum Gasteiger partial charge on any atom is -0.459 e. The first-order chi connectivity index (χ1) is 7.76. The van der Waals surface area contributed by atoms with E-state index in [0.717, 1.165) is 12.8 Å². The molecule has 88 valence electrons. The van der Waals surface area contributed by atoms with Crippen molar-refractivity contribution in [3.8, 4) is 6.07 Å². The minimum absolute atomic E-state index is 0.129. The molecule has 1 heterocycles. The highest BCUT2D eigenvalue weighted by atomic mass is 16.7. The Bertz CT molecular complexity index is 312. The number of hydrogen-bond donors (Lipinski definition) is 0. The zero-order chi connectivity index (χ0) is 11.5. The number of rotatable bonds is 3. The molecule has 16 heavy (non-hydrogen) atoms. The van der Waals surface area contributed by atoms with E-state index in [2.05, 4.69) is 6.07 Å². The number of hydrogen-bond acceptors (Lipinski definition) is 5. The molecule has 0 amide bonds. The van der Waals surface area contributed by atoms with Crippen LogP contribution >= 0.6 is 0 Å². The molecule has 0 unspecified atom stereocenters. The van der Waals surface area contributed by atoms with E-state index in [9.17, 15) is 4.79 Å². The van der Waals surface area contributed by atoms with Crippen LogP contribution in [0.1, 0.15) is 19.3 Å². The van der Waals surface area contributed by atoms with E-state index in [1.54, 1.807) is 0 Å². The van der Waals surface area contributed by atoms with Gasteiger partial charge in [-0.2, -0.15) is 5.26 Å². The van der Waals surface area contributed by atoms with Gasteiger partial charge in [-0.25, -0.2) is 0 Å². The predicted molar refractivity (Wildman–Crippen MR) is 53.1 cm³/mol. The van der Waals surface area contributed by atoms with Crippen LogP contribution < -0.4 is 0 Å². The van der Waals surface area contributed by atoms with E-state index in [1.807, 2.05) is 0 Å². The van der Waals surface area contributed by atoms with Crippen LogP contribution in [0.25, 0.3) is 0 Å². The highest BCUT2D eigenvalue weighted by molar-refractivity contribution is 5.72. The van der Waals surface area contributed by atoms with E-state index >= 15 is 0 Å². The maximum absolute atomic E-state index is 11.2. The Morgan fingerprint density at radius 2 is 2.38 bits per heavy atom. The second-order valence-electron chi connectivity index (χ2n) is 4.27.